The van der Waals surface area contributed by atoms with Crippen LogP contribution in [-0.4, -0.2) is 24.3 Å². The number of nitrogens with zero attached hydrogens (tertiary/aromatic N) is 6. The smallest absolute Gasteiger partial charge is 0.211 e. The quantitative estimate of drug-likeness (QED) is 0.491. The van der Waals surface area contributed by atoms with Crippen molar-refractivity contribution in [3.05, 3.63) is 72.8 Å². The third-order valence-electron chi connectivity index (χ3n) is 5.90. The van der Waals surface area contributed by atoms with Gasteiger partial charge in [0.05, 0.1) is 11.4 Å². The van der Waals surface area contributed by atoms with Crippen LogP contribution >= 0.6 is 0 Å². The second-order valence-corrected chi connectivity index (χ2v) is 8.16. The second-order valence-electron chi connectivity index (χ2n) is 8.16. The lowest BCUT2D eigenvalue weighted by atomic mass is 10.2. The Labute approximate surface area is 169 Å². The summed E-state index contributed by atoms with van der Waals surface area (Å²) in [7, 11) is 0. The summed E-state index contributed by atoms with van der Waals surface area (Å²) in [4.78, 5) is 4.74. The van der Waals surface area contributed by atoms with E-state index in [0.717, 1.165) is 28.6 Å². The molecule has 2 aliphatic rings. The lowest BCUT2D eigenvalue weighted by Crippen LogP contribution is -2.29. The van der Waals surface area contributed by atoms with Crippen LogP contribution in [0, 0.1) is 6.92 Å². The van der Waals surface area contributed by atoms with Crippen LogP contribution in [0.1, 0.15) is 49.2 Å². The van der Waals surface area contributed by atoms with Crippen molar-refractivity contribution in [2.45, 2.75) is 44.6 Å². The summed E-state index contributed by atoms with van der Waals surface area (Å²) in [6.07, 6.45) is 13.2. The first-order valence-corrected chi connectivity index (χ1v) is 10.3. The normalized spacial score (nSPS) is 16.3. The predicted molar refractivity (Wildman–Crippen MR) is 109 cm³/mol. The summed E-state index contributed by atoms with van der Waals surface area (Å²) in [5.74, 6) is 2.67. The molecule has 2 saturated carbocycles. The van der Waals surface area contributed by atoms with Gasteiger partial charge in [-0.15, -0.1) is 10.2 Å². The van der Waals surface area contributed by atoms with Crippen LogP contribution in [0.4, 0.5) is 0 Å². The zero-order valence-electron chi connectivity index (χ0n) is 16.4. The molecule has 144 valence electrons. The van der Waals surface area contributed by atoms with E-state index in [0.29, 0.717) is 12.0 Å². The lowest BCUT2D eigenvalue weighted by molar-refractivity contribution is -0.595. The van der Waals surface area contributed by atoms with E-state index in [-0.39, 0.29) is 0 Å². The Kier molecular flexibility index (Phi) is 3.66. The van der Waals surface area contributed by atoms with Gasteiger partial charge < -0.3 is 9.13 Å². The van der Waals surface area contributed by atoms with Crippen LogP contribution in [0.3, 0.4) is 0 Å². The number of aryl methyl sites for hydroxylation is 1. The Bertz CT molecular complexity index is 1180. The molecule has 3 heterocycles. The molecule has 0 N–H and O–H groups in total. The van der Waals surface area contributed by atoms with Crippen molar-refractivity contribution >= 4 is 0 Å². The van der Waals surface area contributed by atoms with E-state index < -0.39 is 0 Å². The highest BCUT2D eigenvalue weighted by Crippen LogP contribution is 2.39. The SMILES string of the molecule is Cc1nc(C2CC2)cn1-c1cc[n+](-c2cccc(-c3nncn3C3CC3)c2)cc1. The summed E-state index contributed by atoms with van der Waals surface area (Å²) in [6, 6.07) is 13.3. The van der Waals surface area contributed by atoms with Gasteiger partial charge in [-0.1, -0.05) is 12.1 Å². The van der Waals surface area contributed by atoms with Crippen molar-refractivity contribution < 1.29 is 4.57 Å². The molecule has 0 bridgehead atoms. The highest BCUT2D eigenvalue weighted by Gasteiger charge is 2.27. The fraction of sp³-hybridized carbons (Fsp3) is 0.304. The lowest BCUT2D eigenvalue weighted by Gasteiger charge is -2.06. The maximum Gasteiger partial charge on any atom is 0.211 e. The maximum absolute atomic E-state index is 4.74. The average molecular weight is 383 g/mol. The third kappa shape index (κ3) is 3.05. The number of hydrogen-bond acceptors (Lipinski definition) is 3. The van der Waals surface area contributed by atoms with E-state index >= 15 is 0 Å². The maximum atomic E-state index is 4.74. The Balaban J connectivity index is 1.31. The van der Waals surface area contributed by atoms with Crippen molar-refractivity contribution in [2.24, 2.45) is 0 Å². The molecule has 0 amide bonds. The number of benzene rings is 1. The molecule has 0 saturated heterocycles. The molecule has 0 radical (unpaired) electrons. The Hall–Kier alpha value is -3.28. The molecular weight excluding hydrogens is 360 g/mol. The fourth-order valence-electron chi connectivity index (χ4n) is 3.96. The van der Waals surface area contributed by atoms with Gasteiger partial charge in [-0.05, 0) is 32.6 Å². The molecule has 0 unspecified atom stereocenters. The molecule has 0 spiro atoms. The molecule has 6 rings (SSSR count). The molecule has 0 aliphatic heterocycles. The van der Waals surface area contributed by atoms with Gasteiger partial charge in [-0.2, -0.15) is 4.57 Å². The molecular formula is C23H23N6+. The molecule has 2 aliphatic carbocycles. The van der Waals surface area contributed by atoms with E-state index in [1.165, 1.54) is 31.4 Å². The molecule has 0 atom stereocenters. The molecule has 4 aromatic rings. The molecule has 2 fully saturated rings. The molecule has 1 aromatic carbocycles. The number of rotatable bonds is 5. The minimum absolute atomic E-state index is 0.564. The van der Waals surface area contributed by atoms with E-state index in [2.05, 4.69) is 85.8 Å². The van der Waals surface area contributed by atoms with Gasteiger partial charge in [0.25, 0.3) is 0 Å². The molecule has 29 heavy (non-hydrogen) atoms. The Morgan fingerprint density at radius 2 is 1.86 bits per heavy atom. The van der Waals surface area contributed by atoms with Crippen LogP contribution in [0.15, 0.2) is 61.3 Å². The van der Waals surface area contributed by atoms with E-state index in [4.69, 9.17) is 4.98 Å². The van der Waals surface area contributed by atoms with Crippen LogP contribution in [0.25, 0.3) is 22.8 Å². The molecule has 6 heteroatoms. The largest absolute Gasteiger partial charge is 0.310 e. The minimum Gasteiger partial charge on any atom is -0.310 e. The third-order valence-corrected chi connectivity index (χ3v) is 5.90. The van der Waals surface area contributed by atoms with Crippen molar-refractivity contribution in [2.75, 3.05) is 0 Å². The highest BCUT2D eigenvalue weighted by atomic mass is 15.3. The Morgan fingerprint density at radius 3 is 2.62 bits per heavy atom. The van der Waals surface area contributed by atoms with Crippen molar-refractivity contribution in [3.63, 3.8) is 0 Å². The van der Waals surface area contributed by atoms with Gasteiger partial charge in [0, 0.05) is 48.0 Å². The number of imidazole rings is 1. The first kappa shape index (κ1) is 16.7. The first-order valence-electron chi connectivity index (χ1n) is 10.3. The average Bonchev–Trinajstić information content (AvgIpc) is 3.69. The van der Waals surface area contributed by atoms with Gasteiger partial charge in [0.2, 0.25) is 5.69 Å². The van der Waals surface area contributed by atoms with Crippen LogP contribution in [0.2, 0.25) is 0 Å². The number of pyridine rings is 1. The monoisotopic (exact) mass is 383 g/mol. The number of hydrogen-bond donors (Lipinski definition) is 0. The van der Waals surface area contributed by atoms with Crippen molar-refractivity contribution in [1.29, 1.82) is 0 Å². The zero-order valence-corrected chi connectivity index (χ0v) is 16.4. The van der Waals surface area contributed by atoms with Crippen molar-refractivity contribution in [3.8, 4) is 22.8 Å². The van der Waals surface area contributed by atoms with Gasteiger partial charge in [0.15, 0.2) is 18.2 Å². The fourth-order valence-corrected chi connectivity index (χ4v) is 3.96. The minimum atomic E-state index is 0.564. The van der Waals surface area contributed by atoms with Crippen LogP contribution < -0.4 is 4.57 Å². The summed E-state index contributed by atoms with van der Waals surface area (Å²) in [6.45, 7) is 2.08. The standard InChI is InChI=1S/C23H23N6/c1-16-25-22(17-5-6-17)14-28(16)20-9-11-27(12-10-20)21-4-2-3-18(13-21)23-26-24-15-29(23)19-7-8-19/h2-4,9-15,17,19H,5-8H2,1H3/q+1. The molecule has 6 nitrogen and oxygen atoms in total. The summed E-state index contributed by atoms with van der Waals surface area (Å²) < 4.78 is 6.53. The Morgan fingerprint density at radius 1 is 1.03 bits per heavy atom. The summed E-state index contributed by atoms with van der Waals surface area (Å²) >= 11 is 0. The van der Waals surface area contributed by atoms with Gasteiger partial charge in [0.1, 0.15) is 12.2 Å². The van der Waals surface area contributed by atoms with E-state index in [1.54, 1.807) is 0 Å². The zero-order chi connectivity index (χ0) is 19.4. The predicted octanol–water partition coefficient (Wildman–Crippen LogP) is 3.93. The van der Waals surface area contributed by atoms with Gasteiger partial charge in [-0.3, -0.25) is 0 Å². The highest BCUT2D eigenvalue weighted by molar-refractivity contribution is 5.58. The molecule has 3 aromatic heterocycles. The first-order chi connectivity index (χ1) is 14.3. The van der Waals surface area contributed by atoms with Crippen LogP contribution in [-0.2, 0) is 0 Å². The van der Waals surface area contributed by atoms with E-state index in [9.17, 15) is 0 Å². The van der Waals surface area contributed by atoms with Gasteiger partial charge >= 0.3 is 0 Å². The summed E-state index contributed by atoms with van der Waals surface area (Å²) in [5.41, 5.74) is 4.58. The number of aromatic nitrogens is 6. The second kappa shape index (κ2) is 6.37. The summed E-state index contributed by atoms with van der Waals surface area (Å²) in [5, 5.41) is 8.49. The van der Waals surface area contributed by atoms with E-state index in [1.807, 2.05) is 6.33 Å². The van der Waals surface area contributed by atoms with Crippen molar-refractivity contribution in [1.82, 2.24) is 24.3 Å². The topological polar surface area (TPSA) is 52.4 Å². The van der Waals surface area contributed by atoms with Gasteiger partial charge in [-0.25, -0.2) is 4.98 Å². The van der Waals surface area contributed by atoms with Crippen LogP contribution in [0.5, 0.6) is 0 Å².